The summed E-state index contributed by atoms with van der Waals surface area (Å²) >= 11 is 0. The fourth-order valence-corrected chi connectivity index (χ4v) is 2.18. The lowest BCUT2D eigenvalue weighted by molar-refractivity contribution is 0.212. The van der Waals surface area contributed by atoms with Crippen LogP contribution in [0.1, 0.15) is 27.2 Å². The minimum atomic E-state index is -3.14. The minimum absolute atomic E-state index is 0.0399. The zero-order valence-electron chi connectivity index (χ0n) is 12.0. The summed E-state index contributed by atoms with van der Waals surface area (Å²) in [6, 6.07) is 6.99. The van der Waals surface area contributed by atoms with Crippen molar-refractivity contribution in [3.8, 4) is 5.75 Å². The molecule has 0 radical (unpaired) electrons. The molecule has 19 heavy (non-hydrogen) atoms. The van der Waals surface area contributed by atoms with E-state index in [9.17, 15) is 8.42 Å². The third kappa shape index (κ3) is 5.61. The molecule has 0 fully saturated rings. The highest BCUT2D eigenvalue weighted by molar-refractivity contribution is 7.90. The summed E-state index contributed by atoms with van der Waals surface area (Å²) in [5.41, 5.74) is 0. The Morgan fingerprint density at radius 3 is 2.26 bits per heavy atom. The maximum Gasteiger partial charge on any atom is 0.175 e. The molecule has 2 atom stereocenters. The lowest BCUT2D eigenvalue weighted by Gasteiger charge is -2.18. The van der Waals surface area contributed by atoms with Crippen LogP contribution in [0, 0.1) is 0 Å². The lowest BCUT2D eigenvalue weighted by atomic mass is 10.2. The molecule has 0 bridgehead atoms. The van der Waals surface area contributed by atoms with Crippen LogP contribution in [0.15, 0.2) is 29.2 Å². The van der Waals surface area contributed by atoms with E-state index in [4.69, 9.17) is 4.74 Å². The molecule has 4 nitrogen and oxygen atoms in total. The Morgan fingerprint density at radius 1 is 1.21 bits per heavy atom. The van der Waals surface area contributed by atoms with Crippen LogP contribution in [-0.2, 0) is 9.84 Å². The number of hydrogen-bond donors (Lipinski definition) is 1. The Kier molecular flexibility index (Phi) is 5.82. The van der Waals surface area contributed by atoms with Crippen LogP contribution < -0.4 is 10.1 Å². The van der Waals surface area contributed by atoms with Gasteiger partial charge in [0.05, 0.1) is 4.90 Å². The van der Waals surface area contributed by atoms with Crippen molar-refractivity contribution in [2.45, 2.75) is 44.2 Å². The summed E-state index contributed by atoms with van der Waals surface area (Å²) in [5.74, 6) is 0.686. The normalized spacial score (nSPS) is 14.9. The van der Waals surface area contributed by atoms with Gasteiger partial charge in [-0.1, -0.05) is 6.92 Å². The highest BCUT2D eigenvalue weighted by Gasteiger charge is 2.09. The van der Waals surface area contributed by atoms with Crippen molar-refractivity contribution < 1.29 is 13.2 Å². The van der Waals surface area contributed by atoms with Gasteiger partial charge < -0.3 is 10.1 Å². The fraction of sp³-hybridized carbons (Fsp3) is 0.571. The fourth-order valence-electron chi connectivity index (χ4n) is 1.55. The summed E-state index contributed by atoms with van der Waals surface area (Å²) < 4.78 is 28.4. The Hall–Kier alpha value is -1.07. The largest absolute Gasteiger partial charge is 0.489 e. The van der Waals surface area contributed by atoms with Crippen molar-refractivity contribution in [2.24, 2.45) is 0 Å². The van der Waals surface area contributed by atoms with E-state index in [1.165, 1.54) is 6.26 Å². The molecule has 108 valence electrons. The second-order valence-electron chi connectivity index (χ2n) is 4.89. The predicted molar refractivity (Wildman–Crippen MR) is 77.4 cm³/mol. The van der Waals surface area contributed by atoms with Crippen molar-refractivity contribution in [3.05, 3.63) is 24.3 Å². The van der Waals surface area contributed by atoms with Gasteiger partial charge in [0.25, 0.3) is 0 Å². The monoisotopic (exact) mass is 285 g/mol. The average molecular weight is 285 g/mol. The maximum absolute atomic E-state index is 11.3. The van der Waals surface area contributed by atoms with Gasteiger partial charge in [0, 0.05) is 18.8 Å². The van der Waals surface area contributed by atoms with Gasteiger partial charge in [-0.2, -0.15) is 0 Å². The average Bonchev–Trinajstić information content (AvgIpc) is 2.35. The summed E-state index contributed by atoms with van der Waals surface area (Å²) in [5, 5.41) is 3.37. The molecule has 2 unspecified atom stereocenters. The summed E-state index contributed by atoms with van der Waals surface area (Å²) in [4.78, 5) is 0.310. The molecule has 1 aromatic rings. The molecule has 1 aromatic carbocycles. The lowest BCUT2D eigenvalue weighted by Crippen LogP contribution is -2.34. The zero-order chi connectivity index (χ0) is 14.5. The third-order valence-electron chi connectivity index (χ3n) is 2.96. The van der Waals surface area contributed by atoms with Crippen molar-refractivity contribution in [3.63, 3.8) is 0 Å². The van der Waals surface area contributed by atoms with Crippen molar-refractivity contribution >= 4 is 9.84 Å². The molecule has 0 amide bonds. The Labute approximate surface area is 116 Å². The zero-order valence-corrected chi connectivity index (χ0v) is 12.8. The first-order chi connectivity index (χ1) is 8.82. The van der Waals surface area contributed by atoms with Gasteiger partial charge in [-0.25, -0.2) is 8.42 Å². The molecule has 0 aliphatic heterocycles. The molecule has 1 rings (SSSR count). The van der Waals surface area contributed by atoms with E-state index in [-0.39, 0.29) is 6.10 Å². The van der Waals surface area contributed by atoms with E-state index in [0.717, 1.165) is 13.0 Å². The molecule has 0 heterocycles. The highest BCUT2D eigenvalue weighted by Crippen LogP contribution is 2.16. The second-order valence-corrected chi connectivity index (χ2v) is 6.91. The Bertz CT molecular complexity index is 482. The Morgan fingerprint density at radius 2 is 1.79 bits per heavy atom. The van der Waals surface area contributed by atoms with Crippen LogP contribution in [-0.4, -0.2) is 33.4 Å². The first kappa shape index (κ1) is 16.0. The van der Waals surface area contributed by atoms with Gasteiger partial charge in [-0.15, -0.1) is 0 Å². The van der Waals surface area contributed by atoms with Crippen LogP contribution in [0.5, 0.6) is 5.75 Å². The third-order valence-corrected chi connectivity index (χ3v) is 4.08. The SMILES string of the molecule is CCC(C)NCC(C)Oc1ccc(S(C)(=O)=O)cc1. The molecule has 0 aliphatic carbocycles. The minimum Gasteiger partial charge on any atom is -0.489 e. The van der Waals surface area contributed by atoms with E-state index in [1.807, 2.05) is 6.92 Å². The van der Waals surface area contributed by atoms with E-state index in [0.29, 0.717) is 16.7 Å². The molecular formula is C14H23NO3S. The van der Waals surface area contributed by atoms with Crippen LogP contribution in [0.25, 0.3) is 0 Å². The number of benzene rings is 1. The van der Waals surface area contributed by atoms with E-state index >= 15 is 0 Å². The number of nitrogens with one attached hydrogen (secondary N) is 1. The van der Waals surface area contributed by atoms with Crippen molar-refractivity contribution in [2.75, 3.05) is 12.8 Å². The van der Waals surface area contributed by atoms with Gasteiger partial charge in [0.15, 0.2) is 9.84 Å². The standard InChI is InChI=1S/C14H23NO3S/c1-5-11(2)15-10-12(3)18-13-6-8-14(9-7-13)19(4,16)17/h6-9,11-12,15H,5,10H2,1-4H3. The van der Waals surface area contributed by atoms with Gasteiger partial charge in [0.1, 0.15) is 11.9 Å². The number of rotatable bonds is 7. The summed E-state index contributed by atoms with van der Waals surface area (Å²) in [7, 11) is -3.14. The molecule has 0 saturated carbocycles. The predicted octanol–water partition coefficient (Wildman–Crippen LogP) is 2.25. The van der Waals surface area contributed by atoms with Crippen molar-refractivity contribution in [1.29, 1.82) is 0 Å². The van der Waals surface area contributed by atoms with Crippen LogP contribution in [0.3, 0.4) is 0 Å². The maximum atomic E-state index is 11.3. The van der Waals surface area contributed by atoms with Crippen LogP contribution in [0.2, 0.25) is 0 Å². The molecule has 0 aliphatic rings. The van der Waals surface area contributed by atoms with E-state index in [2.05, 4.69) is 19.2 Å². The van der Waals surface area contributed by atoms with Gasteiger partial charge >= 0.3 is 0 Å². The first-order valence-corrected chi connectivity index (χ1v) is 8.42. The van der Waals surface area contributed by atoms with E-state index < -0.39 is 9.84 Å². The topological polar surface area (TPSA) is 55.4 Å². The van der Waals surface area contributed by atoms with Gasteiger partial charge in [-0.3, -0.25) is 0 Å². The molecule has 1 N–H and O–H groups in total. The molecule has 5 heteroatoms. The van der Waals surface area contributed by atoms with Crippen molar-refractivity contribution in [1.82, 2.24) is 5.32 Å². The second kappa shape index (κ2) is 6.91. The molecule has 0 saturated heterocycles. The van der Waals surface area contributed by atoms with E-state index in [1.54, 1.807) is 24.3 Å². The quantitative estimate of drug-likeness (QED) is 0.835. The molecule has 0 spiro atoms. The highest BCUT2D eigenvalue weighted by atomic mass is 32.2. The smallest absolute Gasteiger partial charge is 0.175 e. The molecule has 0 aromatic heterocycles. The van der Waals surface area contributed by atoms with Gasteiger partial charge in [0.2, 0.25) is 0 Å². The molecular weight excluding hydrogens is 262 g/mol. The summed E-state index contributed by atoms with van der Waals surface area (Å²) in [6.07, 6.45) is 2.32. The van der Waals surface area contributed by atoms with Crippen LogP contribution >= 0.6 is 0 Å². The summed E-state index contributed by atoms with van der Waals surface area (Å²) in [6.45, 7) is 7.02. The Balaban J connectivity index is 2.54. The number of hydrogen-bond acceptors (Lipinski definition) is 4. The van der Waals surface area contributed by atoms with Gasteiger partial charge in [-0.05, 0) is 44.5 Å². The number of ether oxygens (including phenoxy) is 1. The number of sulfone groups is 1. The van der Waals surface area contributed by atoms with Crippen LogP contribution in [0.4, 0.5) is 0 Å². The first-order valence-electron chi connectivity index (χ1n) is 6.53.